The number of nitrogens with one attached hydrogen (secondary N) is 1. The van der Waals surface area contributed by atoms with Crippen molar-refractivity contribution in [2.24, 2.45) is 0 Å². The van der Waals surface area contributed by atoms with Crippen molar-refractivity contribution in [3.8, 4) is 17.1 Å². The van der Waals surface area contributed by atoms with E-state index in [0.717, 1.165) is 16.7 Å². The molecule has 0 aliphatic carbocycles. The first kappa shape index (κ1) is 20.5. The van der Waals surface area contributed by atoms with Gasteiger partial charge in [0.1, 0.15) is 17.1 Å². The summed E-state index contributed by atoms with van der Waals surface area (Å²) < 4.78 is 25.2. The number of carbonyl (C=O) groups excluding carboxylic acids is 1. The van der Waals surface area contributed by atoms with E-state index in [1.807, 2.05) is 30.3 Å². The maximum Gasteiger partial charge on any atom is 0.220 e. The van der Waals surface area contributed by atoms with Crippen LogP contribution in [0.5, 0.6) is 5.75 Å². The summed E-state index contributed by atoms with van der Waals surface area (Å²) >= 11 is 0. The number of benzene rings is 2. The largest absolute Gasteiger partial charge is 0.491 e. The van der Waals surface area contributed by atoms with Crippen molar-refractivity contribution in [3.05, 3.63) is 78.7 Å². The normalized spacial score (nSPS) is 10.9. The molecule has 31 heavy (non-hydrogen) atoms. The SMILES string of the molecule is O=C(CCc1ncc(-c2ccccc2F)o1)NCCCOc1cccc2cccnc12. The number of aryl methyl sites for hydroxylation is 1. The first-order valence-corrected chi connectivity index (χ1v) is 10.1. The number of fused-ring (bicyclic) bond motifs is 1. The predicted octanol–water partition coefficient (Wildman–Crippen LogP) is 4.55. The van der Waals surface area contributed by atoms with Crippen molar-refractivity contribution in [2.45, 2.75) is 19.3 Å². The molecule has 2 aromatic carbocycles. The zero-order valence-electron chi connectivity index (χ0n) is 16.9. The standard InChI is InChI=1S/C24H22FN3O3/c25-19-9-2-1-8-18(19)21-16-28-23(31-21)12-11-22(29)26-14-5-15-30-20-10-3-6-17-7-4-13-27-24(17)20/h1-4,6-10,13,16H,5,11-12,14-15H2,(H,26,29). The number of nitrogens with zero attached hydrogens (tertiary/aromatic N) is 2. The highest BCUT2D eigenvalue weighted by molar-refractivity contribution is 5.84. The minimum atomic E-state index is -0.371. The van der Waals surface area contributed by atoms with Gasteiger partial charge in [0.15, 0.2) is 11.7 Å². The predicted molar refractivity (Wildman–Crippen MR) is 115 cm³/mol. The van der Waals surface area contributed by atoms with Gasteiger partial charge in [-0.1, -0.05) is 30.3 Å². The van der Waals surface area contributed by atoms with Gasteiger partial charge in [0.2, 0.25) is 5.91 Å². The van der Waals surface area contributed by atoms with E-state index in [1.54, 1.807) is 24.4 Å². The first-order chi connectivity index (χ1) is 15.2. The van der Waals surface area contributed by atoms with Crippen LogP contribution in [0.1, 0.15) is 18.7 Å². The average Bonchev–Trinajstić information content (AvgIpc) is 3.27. The summed E-state index contributed by atoms with van der Waals surface area (Å²) in [7, 11) is 0. The monoisotopic (exact) mass is 419 g/mol. The highest BCUT2D eigenvalue weighted by Gasteiger charge is 2.11. The smallest absolute Gasteiger partial charge is 0.220 e. The Kier molecular flexibility index (Phi) is 6.52. The van der Waals surface area contributed by atoms with Gasteiger partial charge >= 0.3 is 0 Å². The summed E-state index contributed by atoms with van der Waals surface area (Å²) in [6.07, 6.45) is 4.48. The number of pyridine rings is 1. The maximum atomic E-state index is 13.8. The fourth-order valence-electron chi connectivity index (χ4n) is 3.20. The molecule has 0 saturated heterocycles. The molecule has 4 rings (SSSR count). The second-order valence-corrected chi connectivity index (χ2v) is 6.98. The lowest BCUT2D eigenvalue weighted by atomic mass is 10.2. The van der Waals surface area contributed by atoms with Crippen LogP contribution in [0.3, 0.4) is 0 Å². The van der Waals surface area contributed by atoms with E-state index in [9.17, 15) is 9.18 Å². The van der Waals surface area contributed by atoms with Gasteiger partial charge in [0.05, 0.1) is 18.4 Å². The third-order valence-corrected chi connectivity index (χ3v) is 4.76. The molecule has 6 nitrogen and oxygen atoms in total. The van der Waals surface area contributed by atoms with Crippen LogP contribution in [0.15, 0.2) is 71.4 Å². The number of hydrogen-bond donors (Lipinski definition) is 1. The summed E-state index contributed by atoms with van der Waals surface area (Å²) in [6.45, 7) is 0.977. The first-order valence-electron chi connectivity index (χ1n) is 10.1. The number of para-hydroxylation sites is 1. The number of ether oxygens (including phenoxy) is 1. The van der Waals surface area contributed by atoms with Crippen LogP contribution >= 0.6 is 0 Å². The van der Waals surface area contributed by atoms with Gasteiger partial charge in [0.25, 0.3) is 0 Å². The van der Waals surface area contributed by atoms with Gasteiger partial charge < -0.3 is 14.5 Å². The van der Waals surface area contributed by atoms with Crippen LogP contribution < -0.4 is 10.1 Å². The third-order valence-electron chi connectivity index (χ3n) is 4.76. The second-order valence-electron chi connectivity index (χ2n) is 6.98. The number of hydrogen-bond acceptors (Lipinski definition) is 5. The fraction of sp³-hybridized carbons (Fsp3) is 0.208. The topological polar surface area (TPSA) is 77.2 Å². The molecule has 4 aromatic rings. The van der Waals surface area contributed by atoms with E-state index in [0.29, 0.717) is 43.2 Å². The minimum Gasteiger partial charge on any atom is -0.491 e. The number of carbonyl (C=O) groups is 1. The molecule has 0 aliphatic heterocycles. The zero-order chi connectivity index (χ0) is 21.5. The van der Waals surface area contributed by atoms with E-state index in [2.05, 4.69) is 15.3 Å². The van der Waals surface area contributed by atoms with Crippen molar-refractivity contribution in [1.82, 2.24) is 15.3 Å². The van der Waals surface area contributed by atoms with Crippen molar-refractivity contribution >= 4 is 16.8 Å². The lowest BCUT2D eigenvalue weighted by Gasteiger charge is -2.09. The molecule has 2 aromatic heterocycles. The third kappa shape index (κ3) is 5.25. The molecule has 0 unspecified atom stereocenters. The van der Waals surface area contributed by atoms with E-state index in [4.69, 9.17) is 9.15 Å². The van der Waals surface area contributed by atoms with Crippen LogP contribution in [0, 0.1) is 5.82 Å². The number of amides is 1. The van der Waals surface area contributed by atoms with Crippen molar-refractivity contribution in [1.29, 1.82) is 0 Å². The molecule has 0 spiro atoms. The van der Waals surface area contributed by atoms with Crippen LogP contribution in [0.25, 0.3) is 22.2 Å². The summed E-state index contributed by atoms with van der Waals surface area (Å²) in [6, 6.07) is 16.0. The quantitative estimate of drug-likeness (QED) is 0.403. The summed E-state index contributed by atoms with van der Waals surface area (Å²) in [5.74, 6) is 1.02. The maximum absolute atomic E-state index is 13.8. The van der Waals surface area contributed by atoms with Crippen molar-refractivity contribution < 1.29 is 18.3 Å². The number of halogens is 1. The molecule has 0 aliphatic rings. The Balaban J connectivity index is 1.18. The fourth-order valence-corrected chi connectivity index (χ4v) is 3.20. The molecule has 0 bridgehead atoms. The Morgan fingerprint density at radius 3 is 2.84 bits per heavy atom. The van der Waals surface area contributed by atoms with Gasteiger partial charge in [-0.25, -0.2) is 9.37 Å². The van der Waals surface area contributed by atoms with Gasteiger partial charge in [0, 0.05) is 31.0 Å². The number of oxazole rings is 1. The molecule has 0 radical (unpaired) electrons. The molecule has 1 N–H and O–H groups in total. The molecule has 158 valence electrons. The van der Waals surface area contributed by atoms with E-state index in [1.165, 1.54) is 12.3 Å². The average molecular weight is 419 g/mol. The van der Waals surface area contributed by atoms with E-state index in [-0.39, 0.29) is 18.1 Å². The number of aromatic nitrogens is 2. The van der Waals surface area contributed by atoms with Gasteiger partial charge in [-0.2, -0.15) is 0 Å². The molecular weight excluding hydrogens is 397 g/mol. The molecule has 7 heteroatoms. The second kappa shape index (κ2) is 9.84. The molecule has 0 saturated carbocycles. The highest BCUT2D eigenvalue weighted by Crippen LogP contribution is 2.24. The lowest BCUT2D eigenvalue weighted by Crippen LogP contribution is -2.25. The Hall–Kier alpha value is -3.74. The molecule has 1 amide bonds. The highest BCUT2D eigenvalue weighted by atomic mass is 19.1. The van der Waals surface area contributed by atoms with Gasteiger partial charge in [-0.15, -0.1) is 0 Å². The molecular formula is C24H22FN3O3. The lowest BCUT2D eigenvalue weighted by molar-refractivity contribution is -0.121. The summed E-state index contributed by atoms with van der Waals surface area (Å²) in [5, 5.41) is 3.89. The van der Waals surface area contributed by atoms with E-state index < -0.39 is 0 Å². The summed E-state index contributed by atoms with van der Waals surface area (Å²) in [5.41, 5.74) is 1.18. The Labute approximate surface area is 179 Å². The van der Waals surface area contributed by atoms with Gasteiger partial charge in [-0.3, -0.25) is 9.78 Å². The van der Waals surface area contributed by atoms with Crippen molar-refractivity contribution in [3.63, 3.8) is 0 Å². The molecule has 0 atom stereocenters. The number of rotatable bonds is 9. The van der Waals surface area contributed by atoms with E-state index >= 15 is 0 Å². The van der Waals surface area contributed by atoms with Crippen molar-refractivity contribution in [2.75, 3.05) is 13.2 Å². The molecule has 2 heterocycles. The van der Waals surface area contributed by atoms with Crippen LogP contribution in [0.4, 0.5) is 4.39 Å². The molecule has 0 fully saturated rings. The Morgan fingerprint density at radius 1 is 1.06 bits per heavy atom. The minimum absolute atomic E-state index is 0.0996. The Morgan fingerprint density at radius 2 is 1.94 bits per heavy atom. The Bertz CT molecular complexity index is 1170. The van der Waals surface area contributed by atoms with Gasteiger partial charge in [-0.05, 0) is 30.7 Å². The summed E-state index contributed by atoms with van der Waals surface area (Å²) in [4.78, 5) is 20.6. The van der Waals surface area contributed by atoms with Crippen LogP contribution in [0.2, 0.25) is 0 Å². The zero-order valence-corrected chi connectivity index (χ0v) is 16.9. The van der Waals surface area contributed by atoms with Crippen LogP contribution in [-0.2, 0) is 11.2 Å². The van der Waals surface area contributed by atoms with Crippen LogP contribution in [-0.4, -0.2) is 29.0 Å².